The van der Waals surface area contributed by atoms with E-state index in [1.54, 1.807) is 32.2 Å². The Bertz CT molecular complexity index is 1220. The first kappa shape index (κ1) is 24.8. The van der Waals surface area contributed by atoms with Crippen molar-refractivity contribution in [3.8, 4) is 22.8 Å². The number of halogens is 1. The maximum absolute atomic E-state index is 14.7. The van der Waals surface area contributed by atoms with Crippen molar-refractivity contribution in [3.05, 3.63) is 71.2 Å². The molecule has 0 aliphatic heterocycles. The molecule has 0 aliphatic rings. The van der Waals surface area contributed by atoms with Gasteiger partial charge in [-0.1, -0.05) is 26.8 Å². The molecule has 2 aromatic heterocycles. The fraction of sp³-hybridized carbons (Fsp3) is 0.308. The smallest absolute Gasteiger partial charge is 0.328 e. The third kappa shape index (κ3) is 6.37. The fourth-order valence-electron chi connectivity index (χ4n) is 3.40. The third-order valence-electron chi connectivity index (χ3n) is 5.01. The lowest BCUT2D eigenvalue weighted by Gasteiger charge is -2.21. The van der Waals surface area contributed by atoms with E-state index in [-0.39, 0.29) is 17.8 Å². The van der Waals surface area contributed by atoms with Crippen LogP contribution in [-0.4, -0.2) is 33.1 Å². The van der Waals surface area contributed by atoms with Gasteiger partial charge in [-0.25, -0.2) is 19.2 Å². The number of aliphatic carboxylic acids is 1. The van der Waals surface area contributed by atoms with Gasteiger partial charge in [0.25, 0.3) is 0 Å². The van der Waals surface area contributed by atoms with Gasteiger partial charge < -0.3 is 14.6 Å². The lowest BCUT2D eigenvalue weighted by Crippen LogP contribution is -2.13. The van der Waals surface area contributed by atoms with E-state index in [1.165, 1.54) is 18.5 Å². The standard InChI is InChI=1S/C26H28FN3O4/c1-16-22(10-11-24(31)32)28-15-29-25(16)34-14-17-6-8-19(23(30-17)13-26(2,3)4)20-12-18(33-5)7-9-21(20)27/h6-12,15H,13-14H2,1-5H3,(H,31,32). The van der Waals surface area contributed by atoms with Gasteiger partial charge in [-0.3, -0.25) is 4.98 Å². The fourth-order valence-corrected chi connectivity index (χ4v) is 3.40. The van der Waals surface area contributed by atoms with E-state index in [0.29, 0.717) is 46.1 Å². The Morgan fingerprint density at radius 2 is 1.91 bits per heavy atom. The molecule has 0 saturated heterocycles. The number of carboxylic acids is 1. The third-order valence-corrected chi connectivity index (χ3v) is 5.01. The van der Waals surface area contributed by atoms with E-state index in [4.69, 9.17) is 19.6 Å². The van der Waals surface area contributed by atoms with Crippen LogP contribution in [0.5, 0.6) is 11.6 Å². The van der Waals surface area contributed by atoms with Crippen LogP contribution >= 0.6 is 0 Å². The van der Waals surface area contributed by atoms with Crippen molar-refractivity contribution in [1.82, 2.24) is 15.0 Å². The van der Waals surface area contributed by atoms with Gasteiger partial charge in [0.2, 0.25) is 5.88 Å². The first-order valence-electron chi connectivity index (χ1n) is 10.8. The molecule has 3 aromatic rings. The molecule has 3 rings (SSSR count). The van der Waals surface area contributed by atoms with Gasteiger partial charge in [0, 0.05) is 28.5 Å². The predicted molar refractivity (Wildman–Crippen MR) is 127 cm³/mol. The summed E-state index contributed by atoms with van der Waals surface area (Å²) in [5.74, 6) is -0.511. The van der Waals surface area contributed by atoms with Gasteiger partial charge in [0.05, 0.1) is 18.5 Å². The molecule has 0 unspecified atom stereocenters. The SMILES string of the molecule is COc1ccc(F)c(-c2ccc(COc3ncnc(C=CC(=O)O)c3C)nc2CC(C)(C)C)c1. The second-order valence-corrected chi connectivity index (χ2v) is 9.03. The highest BCUT2D eigenvalue weighted by Gasteiger charge is 2.19. The Kier molecular flexibility index (Phi) is 7.61. The Labute approximate surface area is 198 Å². The monoisotopic (exact) mass is 465 g/mol. The second kappa shape index (κ2) is 10.4. The van der Waals surface area contributed by atoms with Crippen molar-refractivity contribution < 1.29 is 23.8 Å². The van der Waals surface area contributed by atoms with Crippen LogP contribution in [0.4, 0.5) is 4.39 Å². The summed E-state index contributed by atoms with van der Waals surface area (Å²) in [6.45, 7) is 8.18. The largest absolute Gasteiger partial charge is 0.497 e. The van der Waals surface area contributed by atoms with Crippen LogP contribution in [0.3, 0.4) is 0 Å². The van der Waals surface area contributed by atoms with E-state index in [2.05, 4.69) is 30.7 Å². The zero-order chi connectivity index (χ0) is 24.9. The Hall–Kier alpha value is -3.81. The van der Waals surface area contributed by atoms with Gasteiger partial charge in [0.15, 0.2) is 0 Å². The van der Waals surface area contributed by atoms with Crippen LogP contribution in [0.25, 0.3) is 17.2 Å². The molecule has 2 heterocycles. The lowest BCUT2D eigenvalue weighted by molar-refractivity contribution is -0.131. The number of aromatic nitrogens is 3. The summed E-state index contributed by atoms with van der Waals surface area (Å²) in [4.78, 5) is 23.8. The number of ether oxygens (including phenoxy) is 2. The molecule has 34 heavy (non-hydrogen) atoms. The molecule has 0 radical (unpaired) electrons. The van der Waals surface area contributed by atoms with E-state index >= 15 is 0 Å². The molecular formula is C26H28FN3O4. The molecule has 178 valence electrons. The van der Waals surface area contributed by atoms with Crippen LogP contribution in [-0.2, 0) is 17.8 Å². The Balaban J connectivity index is 1.92. The molecule has 0 bridgehead atoms. The normalized spacial score (nSPS) is 11.6. The van der Waals surface area contributed by atoms with Crippen molar-refractivity contribution in [2.45, 2.75) is 40.7 Å². The van der Waals surface area contributed by atoms with Crippen LogP contribution in [0.1, 0.15) is 43.4 Å². The number of benzene rings is 1. The molecule has 0 atom stereocenters. The number of hydrogen-bond donors (Lipinski definition) is 1. The van der Waals surface area contributed by atoms with Gasteiger partial charge in [0.1, 0.15) is 24.5 Å². The predicted octanol–water partition coefficient (Wildman–Crippen LogP) is 5.26. The molecule has 1 aromatic carbocycles. The zero-order valence-corrected chi connectivity index (χ0v) is 19.9. The molecule has 0 amide bonds. The Morgan fingerprint density at radius 3 is 2.59 bits per heavy atom. The highest BCUT2D eigenvalue weighted by molar-refractivity contribution is 5.85. The Morgan fingerprint density at radius 1 is 1.15 bits per heavy atom. The van der Waals surface area contributed by atoms with Gasteiger partial charge >= 0.3 is 5.97 Å². The van der Waals surface area contributed by atoms with E-state index in [1.807, 2.05) is 6.07 Å². The summed E-state index contributed by atoms with van der Waals surface area (Å²) in [6, 6.07) is 8.29. The van der Waals surface area contributed by atoms with Crippen molar-refractivity contribution in [1.29, 1.82) is 0 Å². The number of carbonyl (C=O) groups is 1. The lowest BCUT2D eigenvalue weighted by atomic mass is 9.87. The molecular weight excluding hydrogens is 437 g/mol. The number of rotatable bonds is 8. The maximum Gasteiger partial charge on any atom is 0.328 e. The summed E-state index contributed by atoms with van der Waals surface area (Å²) < 4.78 is 25.9. The molecule has 0 fully saturated rings. The number of carboxylic acid groups (broad SMARTS) is 1. The number of hydrogen-bond acceptors (Lipinski definition) is 6. The van der Waals surface area contributed by atoms with Crippen molar-refractivity contribution >= 4 is 12.0 Å². The van der Waals surface area contributed by atoms with Crippen molar-refractivity contribution in [2.75, 3.05) is 7.11 Å². The van der Waals surface area contributed by atoms with Crippen molar-refractivity contribution in [2.24, 2.45) is 5.41 Å². The molecule has 0 aliphatic carbocycles. The zero-order valence-electron chi connectivity index (χ0n) is 19.9. The highest BCUT2D eigenvalue weighted by atomic mass is 19.1. The van der Waals surface area contributed by atoms with Gasteiger partial charge in [-0.2, -0.15) is 0 Å². The van der Waals surface area contributed by atoms with E-state index in [9.17, 15) is 9.18 Å². The number of pyridine rings is 1. The van der Waals surface area contributed by atoms with Gasteiger partial charge in [-0.15, -0.1) is 0 Å². The average Bonchev–Trinajstić information content (AvgIpc) is 2.77. The maximum atomic E-state index is 14.7. The highest BCUT2D eigenvalue weighted by Crippen LogP contribution is 2.32. The summed E-state index contributed by atoms with van der Waals surface area (Å²) in [6.07, 6.45) is 4.35. The van der Waals surface area contributed by atoms with E-state index < -0.39 is 5.97 Å². The van der Waals surface area contributed by atoms with Crippen LogP contribution < -0.4 is 9.47 Å². The second-order valence-electron chi connectivity index (χ2n) is 9.03. The first-order chi connectivity index (χ1) is 16.1. The summed E-state index contributed by atoms with van der Waals surface area (Å²) in [5, 5.41) is 8.84. The summed E-state index contributed by atoms with van der Waals surface area (Å²) >= 11 is 0. The summed E-state index contributed by atoms with van der Waals surface area (Å²) in [7, 11) is 1.55. The van der Waals surface area contributed by atoms with Gasteiger partial charge in [-0.05, 0) is 49.1 Å². The number of nitrogens with zero attached hydrogens (tertiary/aromatic N) is 3. The quantitative estimate of drug-likeness (QED) is 0.454. The average molecular weight is 466 g/mol. The minimum atomic E-state index is -1.07. The van der Waals surface area contributed by atoms with Crippen molar-refractivity contribution in [3.63, 3.8) is 0 Å². The van der Waals surface area contributed by atoms with E-state index in [0.717, 1.165) is 11.8 Å². The molecule has 0 saturated carbocycles. The number of methoxy groups -OCH3 is 1. The minimum absolute atomic E-state index is 0.0782. The van der Waals surface area contributed by atoms with Crippen LogP contribution in [0, 0.1) is 18.2 Å². The molecule has 0 spiro atoms. The molecule has 1 N–H and O–H groups in total. The van der Waals surface area contributed by atoms with Crippen LogP contribution in [0.15, 0.2) is 42.7 Å². The topological polar surface area (TPSA) is 94.4 Å². The molecule has 8 heteroatoms. The summed E-state index contributed by atoms with van der Waals surface area (Å²) in [5.41, 5.74) is 3.54. The molecule has 7 nitrogen and oxygen atoms in total. The minimum Gasteiger partial charge on any atom is -0.497 e. The first-order valence-corrected chi connectivity index (χ1v) is 10.8. The van der Waals surface area contributed by atoms with Crippen LogP contribution in [0.2, 0.25) is 0 Å².